The Morgan fingerprint density at radius 2 is 2.05 bits per heavy atom. The van der Waals surface area contributed by atoms with Crippen LogP contribution in [0.15, 0.2) is 28.7 Å². The maximum absolute atomic E-state index is 3.82. The molecule has 0 radical (unpaired) electrons. The van der Waals surface area contributed by atoms with E-state index in [-0.39, 0.29) is 0 Å². The third kappa shape index (κ3) is 2.88. The second-order valence-electron chi connectivity index (χ2n) is 6.21. The van der Waals surface area contributed by atoms with E-state index in [0.29, 0.717) is 11.6 Å². The molecule has 2 nitrogen and oxygen atoms in total. The molecule has 2 aliphatic rings. The number of rotatable bonds is 2. The molecule has 19 heavy (non-hydrogen) atoms. The molecular formula is C16H23BrN2. The number of halogens is 1. The molecule has 1 aromatic rings. The lowest BCUT2D eigenvalue weighted by molar-refractivity contribution is 0.0825. The zero-order chi connectivity index (χ0) is 13.3. The Labute approximate surface area is 124 Å². The molecule has 3 heteroatoms. The Morgan fingerprint density at radius 3 is 2.79 bits per heavy atom. The van der Waals surface area contributed by atoms with Gasteiger partial charge in [-0.2, -0.15) is 0 Å². The van der Waals surface area contributed by atoms with Crippen LogP contribution in [-0.2, 0) is 6.54 Å². The van der Waals surface area contributed by atoms with Crippen molar-refractivity contribution in [3.8, 4) is 0 Å². The van der Waals surface area contributed by atoms with E-state index in [2.05, 4.69) is 57.3 Å². The van der Waals surface area contributed by atoms with Gasteiger partial charge in [0.05, 0.1) is 0 Å². The lowest BCUT2D eigenvalue weighted by Gasteiger charge is -2.45. The van der Waals surface area contributed by atoms with E-state index in [9.17, 15) is 0 Å². The number of piperazine rings is 1. The summed E-state index contributed by atoms with van der Waals surface area (Å²) in [7, 11) is 0. The Morgan fingerprint density at radius 1 is 1.32 bits per heavy atom. The Bertz CT molecular complexity index is 440. The van der Waals surface area contributed by atoms with Gasteiger partial charge in [-0.15, -0.1) is 0 Å². The molecule has 1 aromatic carbocycles. The van der Waals surface area contributed by atoms with Crippen molar-refractivity contribution in [2.75, 3.05) is 13.1 Å². The van der Waals surface area contributed by atoms with Crippen molar-refractivity contribution >= 4 is 15.9 Å². The second kappa shape index (κ2) is 5.55. The number of benzene rings is 1. The molecule has 0 aromatic heterocycles. The van der Waals surface area contributed by atoms with Crippen LogP contribution in [0.5, 0.6) is 0 Å². The molecule has 104 valence electrons. The van der Waals surface area contributed by atoms with E-state index in [1.54, 1.807) is 0 Å². The van der Waals surface area contributed by atoms with Gasteiger partial charge in [0.1, 0.15) is 0 Å². The molecule has 1 aliphatic carbocycles. The Kier molecular flexibility index (Phi) is 3.97. The normalized spacial score (nSPS) is 26.9. The van der Waals surface area contributed by atoms with Gasteiger partial charge in [0.25, 0.3) is 0 Å². The summed E-state index contributed by atoms with van der Waals surface area (Å²) in [5, 5.41) is 3.82. The average Bonchev–Trinajstić information content (AvgIpc) is 2.85. The van der Waals surface area contributed by atoms with Crippen LogP contribution in [0.4, 0.5) is 0 Å². The third-order valence-corrected chi connectivity index (χ3v) is 5.57. The van der Waals surface area contributed by atoms with Gasteiger partial charge in [-0.05, 0) is 31.4 Å². The predicted octanol–water partition coefficient (Wildman–Crippen LogP) is 3.56. The van der Waals surface area contributed by atoms with E-state index >= 15 is 0 Å². The van der Waals surface area contributed by atoms with E-state index in [1.165, 1.54) is 42.3 Å². The summed E-state index contributed by atoms with van der Waals surface area (Å²) < 4.78 is 1.24. The van der Waals surface area contributed by atoms with Crippen LogP contribution in [0.1, 0.15) is 38.2 Å². The highest BCUT2D eigenvalue weighted by molar-refractivity contribution is 9.10. The first-order valence-corrected chi connectivity index (χ1v) is 8.20. The van der Waals surface area contributed by atoms with Crippen molar-refractivity contribution in [3.05, 3.63) is 34.3 Å². The molecular weight excluding hydrogens is 300 g/mol. The summed E-state index contributed by atoms with van der Waals surface area (Å²) in [5.74, 6) is 0. The highest BCUT2D eigenvalue weighted by Gasteiger charge is 2.39. The standard InChI is InChI=1S/C16H23BrN2/c1-13-10-18-16(8-4-5-9-16)12-19(13)11-14-6-2-3-7-15(14)17/h2-3,6-7,13,18H,4-5,8-12H2,1H3. The van der Waals surface area contributed by atoms with Crippen molar-refractivity contribution in [2.45, 2.75) is 50.7 Å². The van der Waals surface area contributed by atoms with Crippen molar-refractivity contribution in [1.82, 2.24) is 10.2 Å². The first-order chi connectivity index (χ1) is 9.19. The van der Waals surface area contributed by atoms with Crippen LogP contribution in [0, 0.1) is 0 Å². The average molecular weight is 323 g/mol. The lowest BCUT2D eigenvalue weighted by Crippen LogP contribution is -2.62. The van der Waals surface area contributed by atoms with E-state index in [1.807, 2.05) is 0 Å². The molecule has 1 unspecified atom stereocenters. The molecule has 0 amide bonds. The van der Waals surface area contributed by atoms with E-state index in [0.717, 1.165) is 13.1 Å². The van der Waals surface area contributed by atoms with Gasteiger partial charge >= 0.3 is 0 Å². The molecule has 1 atom stereocenters. The summed E-state index contributed by atoms with van der Waals surface area (Å²) in [6.07, 6.45) is 5.49. The second-order valence-corrected chi connectivity index (χ2v) is 7.07. The Hall–Kier alpha value is -0.380. The smallest absolute Gasteiger partial charge is 0.0309 e. The van der Waals surface area contributed by atoms with Crippen LogP contribution < -0.4 is 5.32 Å². The predicted molar refractivity (Wildman–Crippen MR) is 83.2 cm³/mol. The number of nitrogens with one attached hydrogen (secondary N) is 1. The molecule has 3 rings (SSSR count). The maximum atomic E-state index is 3.82. The minimum absolute atomic E-state index is 0.410. The maximum Gasteiger partial charge on any atom is 0.0309 e. The highest BCUT2D eigenvalue weighted by Crippen LogP contribution is 2.34. The van der Waals surface area contributed by atoms with Gasteiger partial charge < -0.3 is 5.32 Å². The SMILES string of the molecule is CC1CNC2(CCCC2)CN1Cc1ccccc1Br. The van der Waals surface area contributed by atoms with Crippen molar-refractivity contribution in [2.24, 2.45) is 0 Å². The number of hydrogen-bond acceptors (Lipinski definition) is 2. The first kappa shape index (κ1) is 13.6. The van der Waals surface area contributed by atoms with Crippen LogP contribution in [0.25, 0.3) is 0 Å². The highest BCUT2D eigenvalue weighted by atomic mass is 79.9. The van der Waals surface area contributed by atoms with E-state index in [4.69, 9.17) is 0 Å². The van der Waals surface area contributed by atoms with Gasteiger partial charge in [0.15, 0.2) is 0 Å². The molecule has 2 fully saturated rings. The molecule has 1 N–H and O–H groups in total. The minimum atomic E-state index is 0.410. The summed E-state index contributed by atoms with van der Waals surface area (Å²) in [6.45, 7) is 5.73. The molecule has 1 saturated carbocycles. The largest absolute Gasteiger partial charge is 0.308 e. The summed E-state index contributed by atoms with van der Waals surface area (Å²) in [5.41, 5.74) is 1.82. The van der Waals surface area contributed by atoms with Gasteiger partial charge in [-0.3, -0.25) is 4.90 Å². The first-order valence-electron chi connectivity index (χ1n) is 7.41. The quantitative estimate of drug-likeness (QED) is 0.895. The van der Waals surface area contributed by atoms with Gasteiger partial charge in [0.2, 0.25) is 0 Å². The zero-order valence-electron chi connectivity index (χ0n) is 11.7. The van der Waals surface area contributed by atoms with Crippen LogP contribution in [-0.4, -0.2) is 29.6 Å². The number of hydrogen-bond donors (Lipinski definition) is 1. The van der Waals surface area contributed by atoms with Crippen LogP contribution in [0.3, 0.4) is 0 Å². The van der Waals surface area contributed by atoms with Crippen molar-refractivity contribution in [1.29, 1.82) is 0 Å². The van der Waals surface area contributed by atoms with Crippen molar-refractivity contribution in [3.63, 3.8) is 0 Å². The monoisotopic (exact) mass is 322 g/mol. The van der Waals surface area contributed by atoms with Crippen LogP contribution >= 0.6 is 15.9 Å². The summed E-state index contributed by atoms with van der Waals surface area (Å²) >= 11 is 3.68. The fraction of sp³-hybridized carbons (Fsp3) is 0.625. The third-order valence-electron chi connectivity index (χ3n) is 4.79. The topological polar surface area (TPSA) is 15.3 Å². The zero-order valence-corrected chi connectivity index (χ0v) is 13.2. The van der Waals surface area contributed by atoms with Crippen molar-refractivity contribution < 1.29 is 0 Å². The Balaban J connectivity index is 1.73. The molecule has 0 bridgehead atoms. The molecule has 1 aliphatic heterocycles. The fourth-order valence-electron chi connectivity index (χ4n) is 3.54. The minimum Gasteiger partial charge on any atom is -0.308 e. The lowest BCUT2D eigenvalue weighted by atomic mass is 9.92. The van der Waals surface area contributed by atoms with Gasteiger partial charge in [0, 0.05) is 35.7 Å². The fourth-order valence-corrected chi connectivity index (χ4v) is 3.95. The van der Waals surface area contributed by atoms with Crippen LogP contribution in [0.2, 0.25) is 0 Å². The van der Waals surface area contributed by atoms with E-state index < -0.39 is 0 Å². The molecule has 1 saturated heterocycles. The molecule has 1 heterocycles. The summed E-state index contributed by atoms with van der Waals surface area (Å²) in [6, 6.07) is 9.23. The summed E-state index contributed by atoms with van der Waals surface area (Å²) in [4.78, 5) is 2.65. The van der Waals surface area contributed by atoms with Gasteiger partial charge in [-0.25, -0.2) is 0 Å². The van der Waals surface area contributed by atoms with Gasteiger partial charge in [-0.1, -0.05) is 47.0 Å². The number of nitrogens with zero attached hydrogens (tertiary/aromatic N) is 1. The molecule has 1 spiro atoms.